The Labute approximate surface area is 410 Å². The van der Waals surface area contributed by atoms with Crippen LogP contribution in [0.1, 0.15) is 11.1 Å². The average molecular weight is 967 g/mol. The van der Waals surface area contributed by atoms with Crippen molar-refractivity contribution in [3.05, 3.63) is 155 Å². The van der Waals surface area contributed by atoms with Crippen molar-refractivity contribution in [1.29, 1.82) is 0 Å². The van der Waals surface area contributed by atoms with Gasteiger partial charge in [0.05, 0.1) is 36.2 Å². The molecule has 0 aliphatic carbocycles. The zero-order valence-corrected chi connectivity index (χ0v) is 40.9. The molecule has 0 unspecified atom stereocenters. The second-order valence-corrected chi connectivity index (χ2v) is 20.9. The molecule has 0 atom stereocenters. The van der Waals surface area contributed by atoms with E-state index in [0.29, 0.717) is 52.9 Å². The molecular formula is C58H46O6S4. The molecule has 0 spiro atoms. The molecule has 0 aliphatic rings. The van der Waals surface area contributed by atoms with Gasteiger partial charge in [0, 0.05) is 52.2 Å². The van der Waals surface area contributed by atoms with Crippen LogP contribution < -0.4 is 18.9 Å². The molecule has 8 aromatic carbocycles. The summed E-state index contributed by atoms with van der Waals surface area (Å²) in [5.41, 5.74) is 2.27. The highest BCUT2D eigenvalue weighted by Gasteiger charge is 2.19. The van der Waals surface area contributed by atoms with Gasteiger partial charge in [0.1, 0.15) is 49.4 Å². The number of rotatable bonds is 19. The zero-order chi connectivity index (χ0) is 45.6. The Hall–Kier alpha value is -6.24. The van der Waals surface area contributed by atoms with Crippen LogP contribution in [-0.4, -0.2) is 52.9 Å². The standard InChI is InChI=1S/C58H46O6S4/c1-35-33-65-57(55(35)63-31-27-59-25-29-61-45-19-15-41-11-9-37-5-3-7-39-13-17-43(45)53(41)51(37)39)49-23-21-47(67-49)48-22-24-50(68-48)58-56(36(2)34-66-58)64-32-28-60-26-30-62-46-20-16-42-12-10-38-6-4-8-40-14-18-44(46)54(42)52(38)40/h3-24,33-34H,25-32H2,1-2H3. The summed E-state index contributed by atoms with van der Waals surface area (Å²) >= 11 is 7.05. The van der Waals surface area contributed by atoms with Gasteiger partial charge < -0.3 is 28.4 Å². The molecule has 4 aromatic heterocycles. The minimum absolute atomic E-state index is 0.463. The van der Waals surface area contributed by atoms with Crippen LogP contribution in [0, 0.1) is 13.8 Å². The fourth-order valence-corrected chi connectivity index (χ4v) is 13.8. The summed E-state index contributed by atoms with van der Waals surface area (Å²) in [6.45, 7) is 7.99. The molecule has 68 heavy (non-hydrogen) atoms. The van der Waals surface area contributed by atoms with Gasteiger partial charge in [-0.3, -0.25) is 0 Å². The number of benzene rings is 8. The monoisotopic (exact) mass is 966 g/mol. The van der Waals surface area contributed by atoms with Gasteiger partial charge in [0.15, 0.2) is 0 Å². The predicted molar refractivity (Wildman–Crippen MR) is 288 cm³/mol. The summed E-state index contributed by atoms with van der Waals surface area (Å²) < 4.78 is 37.3. The first-order chi connectivity index (χ1) is 33.6. The second kappa shape index (κ2) is 18.7. The van der Waals surface area contributed by atoms with E-state index in [1.54, 1.807) is 45.3 Å². The predicted octanol–water partition coefficient (Wildman–Crippen LogP) is 16.3. The number of hydrogen-bond donors (Lipinski definition) is 0. The Bertz CT molecular complexity index is 3430. The Morgan fingerprint density at radius 3 is 1.12 bits per heavy atom. The maximum absolute atomic E-state index is 6.38. The van der Waals surface area contributed by atoms with Crippen molar-refractivity contribution in [1.82, 2.24) is 0 Å². The lowest BCUT2D eigenvalue weighted by Crippen LogP contribution is -2.12. The van der Waals surface area contributed by atoms with E-state index >= 15 is 0 Å². The molecule has 12 rings (SSSR count). The van der Waals surface area contributed by atoms with E-state index in [4.69, 9.17) is 28.4 Å². The van der Waals surface area contributed by atoms with Gasteiger partial charge in [-0.1, -0.05) is 84.9 Å². The lowest BCUT2D eigenvalue weighted by atomic mass is 9.94. The highest BCUT2D eigenvalue weighted by Crippen LogP contribution is 2.48. The van der Waals surface area contributed by atoms with Crippen molar-refractivity contribution >= 4 is 110 Å². The van der Waals surface area contributed by atoms with Crippen molar-refractivity contribution < 1.29 is 28.4 Å². The molecule has 0 saturated carbocycles. The molecule has 0 radical (unpaired) electrons. The van der Waals surface area contributed by atoms with Crippen molar-refractivity contribution in [2.24, 2.45) is 0 Å². The average Bonchev–Trinajstić information content (AvgIpc) is 4.20. The number of thiophene rings is 4. The van der Waals surface area contributed by atoms with Crippen molar-refractivity contribution in [3.63, 3.8) is 0 Å². The first-order valence-electron chi connectivity index (χ1n) is 22.9. The quantitative estimate of drug-likeness (QED) is 0.0594. The number of aryl methyl sites for hydroxylation is 2. The Kier molecular flexibility index (Phi) is 11.8. The lowest BCUT2D eigenvalue weighted by molar-refractivity contribution is 0.0769. The molecule has 10 heteroatoms. The van der Waals surface area contributed by atoms with Crippen LogP contribution in [0.15, 0.2) is 144 Å². The van der Waals surface area contributed by atoms with Gasteiger partial charge in [-0.15, -0.1) is 45.3 Å². The third-order valence-electron chi connectivity index (χ3n) is 12.6. The van der Waals surface area contributed by atoms with Crippen molar-refractivity contribution in [3.8, 4) is 52.3 Å². The van der Waals surface area contributed by atoms with E-state index in [9.17, 15) is 0 Å². The minimum Gasteiger partial charge on any atom is -0.491 e. The van der Waals surface area contributed by atoms with E-state index < -0.39 is 0 Å². The normalized spacial score (nSPS) is 12.0. The zero-order valence-electron chi connectivity index (χ0n) is 37.6. The Balaban J connectivity index is 0.616. The van der Waals surface area contributed by atoms with E-state index in [2.05, 4.69) is 158 Å². The fourth-order valence-electron chi connectivity index (χ4n) is 9.45. The highest BCUT2D eigenvalue weighted by atomic mass is 32.1. The van der Waals surface area contributed by atoms with E-state index in [1.165, 1.54) is 73.4 Å². The molecule has 0 bridgehead atoms. The van der Waals surface area contributed by atoms with Crippen LogP contribution in [0.25, 0.3) is 93.9 Å². The van der Waals surface area contributed by atoms with Crippen LogP contribution in [0.2, 0.25) is 0 Å². The molecule has 0 amide bonds. The Morgan fingerprint density at radius 2 is 0.691 bits per heavy atom. The van der Waals surface area contributed by atoms with Crippen LogP contribution in [0.3, 0.4) is 0 Å². The van der Waals surface area contributed by atoms with Gasteiger partial charge in [-0.25, -0.2) is 0 Å². The van der Waals surface area contributed by atoms with Gasteiger partial charge in [-0.2, -0.15) is 0 Å². The molecule has 4 heterocycles. The van der Waals surface area contributed by atoms with Crippen LogP contribution in [0.5, 0.6) is 23.0 Å². The van der Waals surface area contributed by atoms with Crippen molar-refractivity contribution in [2.75, 3.05) is 52.9 Å². The highest BCUT2D eigenvalue weighted by molar-refractivity contribution is 7.28. The van der Waals surface area contributed by atoms with Gasteiger partial charge in [0.25, 0.3) is 0 Å². The minimum atomic E-state index is 0.463. The third kappa shape index (κ3) is 8.08. The first-order valence-corrected chi connectivity index (χ1v) is 26.3. The summed E-state index contributed by atoms with van der Waals surface area (Å²) in [5.74, 6) is 3.63. The number of ether oxygens (including phenoxy) is 6. The van der Waals surface area contributed by atoms with E-state index in [1.807, 2.05) is 0 Å². The van der Waals surface area contributed by atoms with E-state index in [-0.39, 0.29) is 0 Å². The van der Waals surface area contributed by atoms with Crippen LogP contribution >= 0.6 is 45.3 Å². The third-order valence-corrected chi connectivity index (χ3v) is 17.5. The molecular weight excluding hydrogens is 921 g/mol. The molecule has 0 fully saturated rings. The molecule has 0 saturated heterocycles. The molecule has 6 nitrogen and oxygen atoms in total. The number of hydrogen-bond acceptors (Lipinski definition) is 10. The summed E-state index contributed by atoms with van der Waals surface area (Å²) in [6, 6.07) is 47.8. The topological polar surface area (TPSA) is 55.4 Å². The van der Waals surface area contributed by atoms with Gasteiger partial charge >= 0.3 is 0 Å². The first kappa shape index (κ1) is 43.1. The van der Waals surface area contributed by atoms with Gasteiger partial charge in [0.2, 0.25) is 0 Å². The summed E-state index contributed by atoms with van der Waals surface area (Å²) in [5, 5.41) is 19.2. The maximum Gasteiger partial charge on any atom is 0.141 e. The molecule has 0 N–H and O–H groups in total. The van der Waals surface area contributed by atoms with Crippen LogP contribution in [-0.2, 0) is 9.47 Å². The molecule has 338 valence electrons. The van der Waals surface area contributed by atoms with Crippen LogP contribution in [0.4, 0.5) is 0 Å². The second-order valence-electron chi connectivity index (χ2n) is 16.9. The Morgan fingerprint density at radius 1 is 0.338 bits per heavy atom. The molecule has 0 aliphatic heterocycles. The summed E-state index contributed by atoms with van der Waals surface area (Å²) in [6.07, 6.45) is 0. The fraction of sp³-hybridized carbons (Fsp3) is 0.172. The largest absolute Gasteiger partial charge is 0.491 e. The van der Waals surface area contributed by atoms with Gasteiger partial charge in [-0.05, 0) is 116 Å². The van der Waals surface area contributed by atoms with Crippen molar-refractivity contribution in [2.45, 2.75) is 13.8 Å². The SMILES string of the molecule is Cc1csc(-c2ccc(-c3ccc(-c4scc(C)c4OCCOCCOc4ccc5ccc6cccc7ccc4c5c67)s3)s2)c1OCCOCCOc1ccc2ccc3cccc4ccc1c2c34. The summed E-state index contributed by atoms with van der Waals surface area (Å²) in [4.78, 5) is 7.16. The molecule has 12 aromatic rings. The smallest absolute Gasteiger partial charge is 0.141 e. The lowest BCUT2D eigenvalue weighted by Gasteiger charge is -2.14. The maximum atomic E-state index is 6.38. The van der Waals surface area contributed by atoms with E-state index in [0.717, 1.165) is 54.7 Å². The summed E-state index contributed by atoms with van der Waals surface area (Å²) in [7, 11) is 0.